The molecule has 0 saturated carbocycles. The number of nitrogens with two attached hydrogens (primary N) is 1. The van der Waals surface area contributed by atoms with Crippen LogP contribution in [0.5, 0.6) is 0 Å². The first-order valence-electron chi connectivity index (χ1n) is 9.12. The summed E-state index contributed by atoms with van der Waals surface area (Å²) < 4.78 is 0. The number of primary amides is 1. The number of nitrogens with zero attached hydrogens (tertiary/aromatic N) is 4. The first-order chi connectivity index (χ1) is 13.2. The average Bonchev–Trinajstić information content (AvgIpc) is 2.74. The minimum atomic E-state index is -0.224. The second-order valence-corrected chi connectivity index (χ2v) is 6.70. The normalized spacial score (nSPS) is 14.9. The van der Waals surface area contributed by atoms with Gasteiger partial charge in [-0.25, -0.2) is 4.98 Å². The summed E-state index contributed by atoms with van der Waals surface area (Å²) in [7, 11) is 0. The average molecular weight is 359 g/mol. The van der Waals surface area contributed by atoms with Crippen LogP contribution >= 0.6 is 0 Å². The molecule has 1 aliphatic heterocycles. The summed E-state index contributed by atoms with van der Waals surface area (Å²) in [5.41, 5.74) is 8.99. The Bertz CT molecular complexity index is 922. The maximum atomic E-state index is 11.4. The van der Waals surface area contributed by atoms with Crippen molar-refractivity contribution in [1.29, 1.82) is 0 Å². The predicted molar refractivity (Wildman–Crippen MR) is 105 cm³/mol. The molecule has 4 rings (SSSR count). The maximum absolute atomic E-state index is 11.4. The summed E-state index contributed by atoms with van der Waals surface area (Å²) in [4.78, 5) is 18.3. The third-order valence-corrected chi connectivity index (χ3v) is 4.95. The summed E-state index contributed by atoms with van der Waals surface area (Å²) in [6.07, 6.45) is 1.44. The zero-order valence-corrected chi connectivity index (χ0v) is 15.0. The second kappa shape index (κ2) is 7.53. The number of rotatable bonds is 4. The van der Waals surface area contributed by atoms with Crippen LogP contribution in [0.2, 0.25) is 0 Å². The lowest BCUT2D eigenvalue weighted by Crippen LogP contribution is -2.39. The topological polar surface area (TPSA) is 85.0 Å². The van der Waals surface area contributed by atoms with Gasteiger partial charge in [0.15, 0.2) is 0 Å². The quantitative estimate of drug-likeness (QED) is 0.774. The van der Waals surface area contributed by atoms with Crippen LogP contribution in [0.3, 0.4) is 0 Å². The van der Waals surface area contributed by atoms with Gasteiger partial charge in [0.25, 0.3) is 0 Å². The maximum Gasteiger partial charge on any atom is 0.245 e. The number of carbonyl (C=O) groups is 1. The number of benzene rings is 2. The van der Waals surface area contributed by atoms with Crippen molar-refractivity contribution >= 4 is 11.9 Å². The number of aromatic nitrogens is 3. The number of piperidine rings is 1. The fourth-order valence-electron chi connectivity index (χ4n) is 3.40. The summed E-state index contributed by atoms with van der Waals surface area (Å²) in [5, 5.41) is 8.89. The minimum Gasteiger partial charge on any atom is -0.369 e. The van der Waals surface area contributed by atoms with Crippen molar-refractivity contribution in [2.45, 2.75) is 12.8 Å². The van der Waals surface area contributed by atoms with E-state index in [-0.39, 0.29) is 11.8 Å². The molecule has 0 radical (unpaired) electrons. The minimum absolute atomic E-state index is 0.0635. The van der Waals surface area contributed by atoms with Gasteiger partial charge in [-0.1, -0.05) is 60.7 Å². The van der Waals surface area contributed by atoms with Gasteiger partial charge in [0.2, 0.25) is 11.9 Å². The van der Waals surface area contributed by atoms with Gasteiger partial charge in [0.1, 0.15) is 11.4 Å². The molecule has 3 aromatic rings. The Hall–Kier alpha value is -3.28. The van der Waals surface area contributed by atoms with Gasteiger partial charge in [0.05, 0.1) is 0 Å². The molecule has 136 valence electrons. The van der Waals surface area contributed by atoms with Crippen molar-refractivity contribution < 1.29 is 4.79 Å². The molecule has 1 fully saturated rings. The van der Waals surface area contributed by atoms with E-state index >= 15 is 0 Å². The van der Waals surface area contributed by atoms with Crippen molar-refractivity contribution in [2.24, 2.45) is 11.7 Å². The third-order valence-electron chi connectivity index (χ3n) is 4.95. The molecule has 0 spiro atoms. The number of hydrogen-bond acceptors (Lipinski definition) is 5. The largest absolute Gasteiger partial charge is 0.369 e. The summed E-state index contributed by atoms with van der Waals surface area (Å²) in [5.74, 6) is 0.306. The van der Waals surface area contributed by atoms with Gasteiger partial charge in [-0.3, -0.25) is 4.79 Å². The molecule has 2 N–H and O–H groups in total. The van der Waals surface area contributed by atoms with Crippen LogP contribution in [0.4, 0.5) is 5.95 Å². The Labute approximate surface area is 158 Å². The molecule has 0 unspecified atom stereocenters. The Morgan fingerprint density at radius 1 is 0.852 bits per heavy atom. The summed E-state index contributed by atoms with van der Waals surface area (Å²) >= 11 is 0. The fourth-order valence-corrected chi connectivity index (χ4v) is 3.40. The summed E-state index contributed by atoms with van der Waals surface area (Å²) in [6, 6.07) is 20.0. The van der Waals surface area contributed by atoms with E-state index in [1.807, 2.05) is 60.7 Å². The van der Waals surface area contributed by atoms with Crippen molar-refractivity contribution in [3.05, 3.63) is 60.7 Å². The highest BCUT2D eigenvalue weighted by Crippen LogP contribution is 2.30. The van der Waals surface area contributed by atoms with Crippen molar-refractivity contribution in [3.63, 3.8) is 0 Å². The highest BCUT2D eigenvalue weighted by atomic mass is 16.1. The number of hydrogen-bond donors (Lipinski definition) is 1. The first kappa shape index (κ1) is 17.1. The second-order valence-electron chi connectivity index (χ2n) is 6.70. The molecule has 1 saturated heterocycles. The Morgan fingerprint density at radius 2 is 1.41 bits per heavy atom. The number of amides is 1. The lowest BCUT2D eigenvalue weighted by Gasteiger charge is -2.30. The van der Waals surface area contributed by atoms with E-state index in [9.17, 15) is 4.79 Å². The third kappa shape index (κ3) is 3.65. The van der Waals surface area contributed by atoms with Crippen LogP contribution in [0.1, 0.15) is 12.8 Å². The smallest absolute Gasteiger partial charge is 0.245 e. The first-order valence-corrected chi connectivity index (χ1v) is 9.12. The number of carbonyl (C=O) groups excluding carboxylic acids is 1. The van der Waals surface area contributed by atoms with Gasteiger partial charge in [-0.15, -0.1) is 10.2 Å². The molecule has 1 aliphatic rings. The van der Waals surface area contributed by atoms with E-state index in [0.29, 0.717) is 19.0 Å². The molecular formula is C21H21N5O. The van der Waals surface area contributed by atoms with Gasteiger partial charge in [-0.05, 0) is 12.8 Å². The molecule has 0 bridgehead atoms. The van der Waals surface area contributed by atoms with E-state index < -0.39 is 0 Å². The summed E-state index contributed by atoms with van der Waals surface area (Å²) in [6.45, 7) is 1.41. The van der Waals surface area contributed by atoms with Crippen molar-refractivity contribution in [3.8, 4) is 22.5 Å². The predicted octanol–water partition coefficient (Wildman–Crippen LogP) is 2.91. The zero-order valence-electron chi connectivity index (χ0n) is 15.0. The molecule has 6 nitrogen and oxygen atoms in total. The van der Waals surface area contributed by atoms with Gasteiger partial charge < -0.3 is 10.6 Å². The van der Waals surface area contributed by atoms with Crippen LogP contribution in [0.15, 0.2) is 60.7 Å². The van der Waals surface area contributed by atoms with E-state index in [1.54, 1.807) is 0 Å². The fraction of sp³-hybridized carbons (Fsp3) is 0.238. The lowest BCUT2D eigenvalue weighted by atomic mass is 9.96. The van der Waals surface area contributed by atoms with Crippen LogP contribution in [-0.4, -0.2) is 34.2 Å². The van der Waals surface area contributed by atoms with Crippen LogP contribution in [0, 0.1) is 5.92 Å². The van der Waals surface area contributed by atoms with Crippen LogP contribution in [-0.2, 0) is 4.79 Å². The van der Waals surface area contributed by atoms with Crippen LogP contribution < -0.4 is 10.6 Å². The number of anilines is 1. The molecule has 2 heterocycles. The zero-order chi connectivity index (χ0) is 18.6. The molecule has 1 amide bonds. The van der Waals surface area contributed by atoms with Crippen molar-refractivity contribution in [1.82, 2.24) is 15.2 Å². The highest BCUT2D eigenvalue weighted by Gasteiger charge is 2.25. The van der Waals surface area contributed by atoms with E-state index in [0.717, 1.165) is 35.4 Å². The highest BCUT2D eigenvalue weighted by molar-refractivity contribution is 5.78. The van der Waals surface area contributed by atoms with Crippen LogP contribution in [0.25, 0.3) is 22.5 Å². The Morgan fingerprint density at radius 3 is 1.96 bits per heavy atom. The molecule has 6 heteroatoms. The monoisotopic (exact) mass is 359 g/mol. The molecular weight excluding hydrogens is 338 g/mol. The van der Waals surface area contributed by atoms with Gasteiger partial charge in [-0.2, -0.15) is 0 Å². The Balaban J connectivity index is 1.71. The SMILES string of the molecule is NC(=O)C1CCN(c2nnc(-c3ccccc3)c(-c3ccccc3)n2)CC1. The van der Waals surface area contributed by atoms with E-state index in [4.69, 9.17) is 10.7 Å². The molecule has 27 heavy (non-hydrogen) atoms. The van der Waals surface area contributed by atoms with Crippen molar-refractivity contribution in [2.75, 3.05) is 18.0 Å². The Kier molecular flexibility index (Phi) is 4.78. The molecule has 2 aromatic carbocycles. The lowest BCUT2D eigenvalue weighted by molar-refractivity contribution is -0.122. The standard InChI is InChI=1S/C21H21N5O/c22-20(27)17-11-13-26(14-12-17)21-23-18(15-7-3-1-4-8-15)19(24-25-21)16-9-5-2-6-10-16/h1-10,17H,11-14H2,(H2,22,27). The molecule has 1 aromatic heterocycles. The molecule has 0 aliphatic carbocycles. The van der Waals surface area contributed by atoms with E-state index in [1.165, 1.54) is 0 Å². The molecule has 0 atom stereocenters. The van der Waals surface area contributed by atoms with Gasteiger partial charge in [0, 0.05) is 30.1 Å². The van der Waals surface area contributed by atoms with E-state index in [2.05, 4.69) is 15.1 Å². The van der Waals surface area contributed by atoms with Gasteiger partial charge >= 0.3 is 0 Å².